The van der Waals surface area contributed by atoms with Crippen LogP contribution in [0.5, 0.6) is 0 Å². The van der Waals surface area contributed by atoms with Crippen molar-refractivity contribution in [2.45, 2.75) is 195 Å². The Labute approximate surface area is 477 Å². The SMILES string of the molecule is CCCCCCNC(=O)[C@H](CCCCN)NC(=O)[C@H](CCCCC)CN(O)C=O.CCCC[C@H](CN(O)C=O)C(=O)N[C@@H](CCCCN)C(=O)Nc1ccccc1.CCCC[C@H](CN(O)C=O)C(=O)N[C@H](C(=O)N(C)C)C(C)(C)C. The molecule has 0 aliphatic rings. The summed E-state index contributed by atoms with van der Waals surface area (Å²) in [5, 5.41) is 44.0. The lowest BCUT2D eigenvalue weighted by Gasteiger charge is -2.33. The van der Waals surface area contributed by atoms with E-state index in [1.807, 2.05) is 52.8 Å². The molecule has 23 heteroatoms. The van der Waals surface area contributed by atoms with Crippen molar-refractivity contribution in [2.75, 3.05) is 58.7 Å². The minimum Gasteiger partial charge on any atom is -0.354 e. The minimum absolute atomic E-state index is 0.0762. The van der Waals surface area contributed by atoms with Gasteiger partial charge >= 0.3 is 0 Å². The predicted octanol–water partition coefficient (Wildman–Crippen LogP) is 5.49. The number of nitrogens with zero attached hydrogens (tertiary/aromatic N) is 4. The largest absolute Gasteiger partial charge is 0.354 e. The summed E-state index contributed by atoms with van der Waals surface area (Å²) in [5.74, 6) is -3.34. The number of hydroxylamine groups is 6. The lowest BCUT2D eigenvalue weighted by Crippen LogP contribution is -2.55. The summed E-state index contributed by atoms with van der Waals surface area (Å²) >= 11 is 0. The van der Waals surface area contributed by atoms with Crippen LogP contribution in [0.25, 0.3) is 0 Å². The van der Waals surface area contributed by atoms with Crippen LogP contribution in [0.3, 0.4) is 0 Å². The van der Waals surface area contributed by atoms with Gasteiger partial charge in [-0.3, -0.25) is 58.8 Å². The normalized spacial score (nSPS) is 13.1. The summed E-state index contributed by atoms with van der Waals surface area (Å²) in [6, 6.07) is 7.01. The molecule has 1 rings (SSSR count). The zero-order valence-corrected chi connectivity index (χ0v) is 49.9. The summed E-state index contributed by atoms with van der Waals surface area (Å²) in [6.45, 7) is 15.2. The van der Waals surface area contributed by atoms with E-state index in [4.69, 9.17) is 11.5 Å². The maximum atomic E-state index is 12.8. The van der Waals surface area contributed by atoms with E-state index in [2.05, 4.69) is 40.4 Å². The first-order valence-corrected chi connectivity index (χ1v) is 28.9. The van der Waals surface area contributed by atoms with Crippen molar-refractivity contribution < 1.29 is 58.8 Å². The Morgan fingerprint density at radius 3 is 1.29 bits per heavy atom. The number of likely N-dealkylation sites (N-methyl/N-ethyl adjacent to an activating group) is 1. The molecule has 0 fully saturated rings. The predicted molar refractivity (Wildman–Crippen MR) is 309 cm³/mol. The van der Waals surface area contributed by atoms with Gasteiger partial charge in [0, 0.05) is 26.3 Å². The average Bonchev–Trinajstić information content (AvgIpc) is 3.43. The second-order valence-electron chi connectivity index (χ2n) is 21.5. The molecule has 0 aliphatic carbocycles. The molecule has 0 saturated carbocycles. The molecule has 0 heterocycles. The first kappa shape index (κ1) is 76.3. The number of para-hydroxylation sites is 1. The fraction of sp³-hybridized carbons (Fsp3) is 0.737. The van der Waals surface area contributed by atoms with E-state index in [0.29, 0.717) is 85.4 Å². The van der Waals surface area contributed by atoms with Gasteiger partial charge in [0.25, 0.3) is 0 Å². The summed E-state index contributed by atoms with van der Waals surface area (Å²) in [7, 11) is 3.29. The number of carbonyl (C=O) groups is 9. The highest BCUT2D eigenvalue weighted by Crippen LogP contribution is 2.22. The molecule has 9 amide bonds. The molecule has 0 aliphatic heterocycles. The van der Waals surface area contributed by atoms with Gasteiger partial charge in [0.2, 0.25) is 54.7 Å². The zero-order valence-electron chi connectivity index (χ0n) is 49.9. The summed E-state index contributed by atoms with van der Waals surface area (Å²) in [4.78, 5) is 109. The Bertz CT molecular complexity index is 1860. The third-order valence-corrected chi connectivity index (χ3v) is 13.0. The molecule has 0 aromatic heterocycles. The van der Waals surface area contributed by atoms with E-state index in [1.165, 1.54) is 4.90 Å². The maximum Gasteiger partial charge on any atom is 0.246 e. The molecule has 23 nitrogen and oxygen atoms in total. The monoisotopic (exact) mass is 1140 g/mol. The van der Waals surface area contributed by atoms with Crippen LogP contribution in [-0.2, 0) is 43.2 Å². The number of unbranched alkanes of at least 4 members (excludes halogenated alkanes) is 9. The van der Waals surface area contributed by atoms with Gasteiger partial charge in [0.1, 0.15) is 18.1 Å². The van der Waals surface area contributed by atoms with Crippen LogP contribution in [0.15, 0.2) is 30.3 Å². The zero-order chi connectivity index (χ0) is 60.9. The number of hydrogen-bond acceptors (Lipinski definition) is 14. The van der Waals surface area contributed by atoms with Crippen LogP contribution in [0.2, 0.25) is 0 Å². The van der Waals surface area contributed by atoms with E-state index < -0.39 is 41.3 Å². The van der Waals surface area contributed by atoms with Gasteiger partial charge < -0.3 is 43.0 Å². The van der Waals surface area contributed by atoms with Crippen molar-refractivity contribution in [2.24, 2.45) is 34.6 Å². The van der Waals surface area contributed by atoms with Crippen molar-refractivity contribution in [3.05, 3.63) is 30.3 Å². The molecule has 80 heavy (non-hydrogen) atoms. The van der Waals surface area contributed by atoms with Crippen LogP contribution in [0, 0.1) is 23.2 Å². The van der Waals surface area contributed by atoms with Crippen LogP contribution in [-0.4, -0.2) is 162 Å². The molecule has 1 aromatic carbocycles. The van der Waals surface area contributed by atoms with Crippen molar-refractivity contribution in [1.29, 1.82) is 0 Å². The molecular formula is C57H105N11O12. The summed E-state index contributed by atoms with van der Waals surface area (Å²) in [6.07, 6.45) is 16.8. The maximum absolute atomic E-state index is 12.8. The summed E-state index contributed by atoms with van der Waals surface area (Å²) in [5.41, 5.74) is 11.3. The molecular weight excluding hydrogens is 1030 g/mol. The van der Waals surface area contributed by atoms with Crippen molar-refractivity contribution in [3.8, 4) is 0 Å². The minimum atomic E-state index is -0.716. The number of rotatable bonds is 42. The van der Waals surface area contributed by atoms with Crippen LogP contribution in [0.4, 0.5) is 5.69 Å². The molecule has 0 bridgehead atoms. The highest BCUT2D eigenvalue weighted by molar-refractivity contribution is 5.97. The second kappa shape index (κ2) is 46.9. The Kier molecular flexibility index (Phi) is 44.8. The van der Waals surface area contributed by atoms with Gasteiger partial charge in [-0.15, -0.1) is 0 Å². The van der Waals surface area contributed by atoms with E-state index >= 15 is 0 Å². The highest BCUT2D eigenvalue weighted by atomic mass is 16.5. The van der Waals surface area contributed by atoms with E-state index in [1.54, 1.807) is 26.2 Å². The van der Waals surface area contributed by atoms with E-state index in [0.717, 1.165) is 89.9 Å². The number of nitrogens with one attached hydrogen (secondary N) is 5. The smallest absolute Gasteiger partial charge is 0.246 e. The Hall–Kier alpha value is -5.75. The van der Waals surface area contributed by atoms with E-state index in [-0.39, 0.29) is 67.9 Å². The molecule has 460 valence electrons. The Morgan fingerprint density at radius 1 is 0.512 bits per heavy atom. The van der Waals surface area contributed by atoms with Crippen LogP contribution < -0.4 is 38.1 Å². The van der Waals surface area contributed by atoms with Crippen molar-refractivity contribution in [1.82, 2.24) is 41.4 Å². The van der Waals surface area contributed by atoms with Gasteiger partial charge in [-0.25, -0.2) is 15.2 Å². The molecule has 1 aromatic rings. The lowest BCUT2D eigenvalue weighted by molar-refractivity contribution is -0.155. The first-order valence-electron chi connectivity index (χ1n) is 28.9. The molecule has 0 saturated heterocycles. The van der Waals surface area contributed by atoms with Gasteiger partial charge in [-0.05, 0) is 94.8 Å². The standard InChI is InChI=1S/C21H42N4O4.C20H32N4O4.C16H31N3O4/c1-3-5-7-11-15-23-21(28)19(13-9-10-14-22)24-20(27)18(12-8-6-4-2)16-25(29)17-26;1-2-3-9-16(14-24(28)15-25)19(26)23-18(12-7-8-13-21)20(27)22-17-10-5-4-6-11-17;1-7-8-9-12(10-19(23)11-20)14(21)17-13(16(2,3)4)15(22)18(5)6/h17-19,29H,3-16,22H2,1-2H3,(H,23,28)(H,24,27);4-6,10-11,15-16,18,28H,2-3,7-9,12-14,21H2,1H3,(H,22,27)(H,23,26);11-13,23H,7-10H2,1-6H3,(H,17,21)/t18-,19+;16-,18+;12-,13-/m111/s1. The topological polar surface area (TPSA) is 339 Å². The number of hydrogen-bond donors (Lipinski definition) is 10. The number of carbonyl (C=O) groups excluding carboxylic acids is 9. The molecule has 0 unspecified atom stereocenters. The lowest BCUT2D eigenvalue weighted by atomic mass is 9.85. The summed E-state index contributed by atoms with van der Waals surface area (Å²) < 4.78 is 0. The Morgan fingerprint density at radius 2 is 0.900 bits per heavy atom. The van der Waals surface area contributed by atoms with E-state index in [9.17, 15) is 58.8 Å². The number of amides is 9. The third-order valence-electron chi connectivity index (χ3n) is 13.0. The van der Waals surface area contributed by atoms with Crippen molar-refractivity contribution in [3.63, 3.8) is 0 Å². The Balaban J connectivity index is 0. The van der Waals surface area contributed by atoms with Gasteiger partial charge in [-0.1, -0.05) is 131 Å². The number of anilines is 1. The van der Waals surface area contributed by atoms with Gasteiger partial charge in [-0.2, -0.15) is 0 Å². The number of benzene rings is 1. The average molecular weight is 1140 g/mol. The number of nitrogens with two attached hydrogens (primary N) is 2. The van der Waals surface area contributed by atoms with Gasteiger partial charge in [0.05, 0.1) is 37.4 Å². The highest BCUT2D eigenvalue weighted by Gasteiger charge is 2.36. The molecule has 6 atom stereocenters. The molecule has 12 N–H and O–H groups in total. The molecule has 0 radical (unpaired) electrons. The van der Waals surface area contributed by atoms with Crippen molar-refractivity contribution >= 4 is 60.4 Å². The van der Waals surface area contributed by atoms with Gasteiger partial charge in [0.15, 0.2) is 0 Å². The van der Waals surface area contributed by atoms with Crippen LogP contribution >= 0.6 is 0 Å². The quantitative estimate of drug-likeness (QED) is 0.0168. The second-order valence-corrected chi connectivity index (χ2v) is 21.5. The fourth-order valence-corrected chi connectivity index (χ4v) is 8.17. The third kappa shape index (κ3) is 36.5. The van der Waals surface area contributed by atoms with Crippen LogP contribution in [0.1, 0.15) is 177 Å². The fourth-order valence-electron chi connectivity index (χ4n) is 8.17. The first-order chi connectivity index (χ1) is 38.0. The molecule has 0 spiro atoms.